The number of halogens is 3. The molecule has 0 aliphatic carbocycles. The molecule has 0 fully saturated rings. The van der Waals surface area contributed by atoms with Gasteiger partial charge in [-0.05, 0) is 18.9 Å². The lowest BCUT2D eigenvalue weighted by Crippen LogP contribution is -2.05. The molecule has 1 aromatic heterocycles. The first-order chi connectivity index (χ1) is 4.50. The summed E-state index contributed by atoms with van der Waals surface area (Å²) in [4.78, 5) is 0. The number of rotatable bonds is 0. The third-order valence-electron chi connectivity index (χ3n) is 0.866. The highest BCUT2D eigenvalue weighted by Crippen LogP contribution is 2.27. The highest BCUT2D eigenvalue weighted by Gasteiger charge is 2.33. The summed E-state index contributed by atoms with van der Waals surface area (Å²) >= 11 is 3.54. The van der Waals surface area contributed by atoms with E-state index in [-0.39, 0.29) is 0 Å². The van der Waals surface area contributed by atoms with Gasteiger partial charge in [-0.3, -0.25) is 0 Å². The van der Waals surface area contributed by atoms with Gasteiger partial charge >= 0.3 is 6.18 Å². The van der Waals surface area contributed by atoms with Gasteiger partial charge in [0.1, 0.15) is 0 Å². The molecule has 0 unspecified atom stereocenters. The minimum atomic E-state index is -4.37. The number of hydrogen-bond donors (Lipinski definition) is 1. The molecule has 0 aliphatic rings. The van der Waals surface area contributed by atoms with Crippen molar-refractivity contribution in [3.05, 3.63) is 18.0 Å². The number of alkyl halides is 3. The van der Waals surface area contributed by atoms with Gasteiger partial charge in [0.15, 0.2) is 5.69 Å². The van der Waals surface area contributed by atoms with Crippen LogP contribution in [0.25, 0.3) is 0 Å². The first kappa shape index (κ1) is 7.46. The zero-order valence-corrected chi connectivity index (χ0v) is 5.52. The molecule has 6 heteroatoms. The maximum Gasteiger partial charge on any atom is 0.435 e. The van der Waals surface area contributed by atoms with Gasteiger partial charge in [0.05, 0.1) is 0 Å². The Labute approximate surface area is 60.2 Å². The molecule has 10 heavy (non-hydrogen) atoms. The second kappa shape index (κ2) is 2.19. The maximum atomic E-state index is 11.7. The van der Waals surface area contributed by atoms with Crippen LogP contribution in [0.5, 0.6) is 0 Å². The Hall–Kier alpha value is -0.650. The Morgan fingerprint density at radius 1 is 1.50 bits per heavy atom. The summed E-state index contributed by atoms with van der Waals surface area (Å²) in [7, 11) is 0. The van der Waals surface area contributed by atoms with Crippen LogP contribution in [0.3, 0.4) is 0 Å². The Bertz CT molecular complexity index is 229. The van der Waals surface area contributed by atoms with Crippen molar-refractivity contribution in [2.24, 2.45) is 0 Å². The van der Waals surface area contributed by atoms with Crippen LogP contribution >= 0.6 is 12.8 Å². The van der Waals surface area contributed by atoms with Gasteiger partial charge in [-0.15, -0.1) is 0 Å². The van der Waals surface area contributed by atoms with E-state index in [1.54, 1.807) is 0 Å². The lowest BCUT2D eigenvalue weighted by molar-refractivity contribution is -0.141. The number of hydrogen-bond acceptors (Lipinski definition) is 2. The van der Waals surface area contributed by atoms with Gasteiger partial charge in [-0.25, -0.2) is 4.09 Å². The quantitative estimate of drug-likeness (QED) is 0.582. The fourth-order valence-corrected chi connectivity index (χ4v) is 0.629. The zero-order valence-electron chi connectivity index (χ0n) is 4.63. The molecule has 0 radical (unpaired) electrons. The van der Waals surface area contributed by atoms with Crippen molar-refractivity contribution in [1.82, 2.24) is 9.19 Å². The lowest BCUT2D eigenvalue weighted by Gasteiger charge is -1.98. The molecule has 0 aromatic carbocycles. The summed E-state index contributed by atoms with van der Waals surface area (Å²) in [5, 5.41) is 3.04. The summed E-state index contributed by atoms with van der Waals surface area (Å²) in [6, 6.07) is 0.854. The second-order valence-corrected chi connectivity index (χ2v) is 2.03. The van der Waals surface area contributed by atoms with Crippen LogP contribution in [-0.4, -0.2) is 9.19 Å². The molecule has 2 nitrogen and oxygen atoms in total. The molecule has 0 atom stereocenters. The number of nitrogens with zero attached hydrogens (tertiary/aromatic N) is 2. The summed E-state index contributed by atoms with van der Waals surface area (Å²) < 4.78 is 35.9. The fourth-order valence-electron chi connectivity index (χ4n) is 0.466. The third kappa shape index (κ3) is 1.44. The topological polar surface area (TPSA) is 17.8 Å². The maximum absolute atomic E-state index is 11.7. The molecule has 1 rings (SSSR count). The molecular weight excluding hydrogens is 165 g/mol. The molecule has 0 amide bonds. The van der Waals surface area contributed by atoms with Gasteiger partial charge < -0.3 is 0 Å². The molecule has 0 saturated carbocycles. The van der Waals surface area contributed by atoms with Crippen LogP contribution in [0.4, 0.5) is 13.2 Å². The minimum Gasteiger partial charge on any atom is -0.217 e. The Morgan fingerprint density at radius 2 is 2.10 bits per heavy atom. The van der Waals surface area contributed by atoms with E-state index in [9.17, 15) is 13.2 Å². The van der Waals surface area contributed by atoms with Crippen molar-refractivity contribution in [2.45, 2.75) is 6.18 Å². The Morgan fingerprint density at radius 3 is 2.30 bits per heavy atom. The summed E-state index contributed by atoms with van der Waals surface area (Å²) in [6.45, 7) is 0. The first-order valence-electron chi connectivity index (χ1n) is 2.32. The fraction of sp³-hybridized carbons (Fsp3) is 0.250. The summed E-state index contributed by atoms with van der Waals surface area (Å²) in [5.41, 5.74) is -0.928. The standard InChI is InChI=1S/C4H3F3N2S/c5-4(6,7)3-1-2-9(10)8-3/h1-2,10H. The highest BCUT2D eigenvalue weighted by atomic mass is 32.1. The Kier molecular flexibility index (Phi) is 1.63. The molecule has 1 aromatic rings. The van der Waals surface area contributed by atoms with Gasteiger partial charge in [-0.1, -0.05) is 0 Å². The molecule has 0 saturated heterocycles. The van der Waals surface area contributed by atoms with E-state index in [1.807, 2.05) is 0 Å². The Balaban J connectivity index is 2.96. The van der Waals surface area contributed by atoms with Crippen molar-refractivity contribution in [2.75, 3.05) is 0 Å². The average Bonchev–Trinajstić information content (AvgIpc) is 2.11. The highest BCUT2D eigenvalue weighted by molar-refractivity contribution is 7.78. The van der Waals surface area contributed by atoms with E-state index in [2.05, 4.69) is 17.9 Å². The van der Waals surface area contributed by atoms with Gasteiger partial charge in [-0.2, -0.15) is 18.3 Å². The monoisotopic (exact) mass is 168 g/mol. The van der Waals surface area contributed by atoms with E-state index in [1.165, 1.54) is 0 Å². The largest absolute Gasteiger partial charge is 0.435 e. The van der Waals surface area contributed by atoms with E-state index in [4.69, 9.17) is 0 Å². The molecule has 0 spiro atoms. The van der Waals surface area contributed by atoms with Crippen molar-refractivity contribution in [3.63, 3.8) is 0 Å². The van der Waals surface area contributed by atoms with Gasteiger partial charge in [0.2, 0.25) is 0 Å². The van der Waals surface area contributed by atoms with E-state index < -0.39 is 11.9 Å². The zero-order chi connectivity index (χ0) is 7.78. The van der Waals surface area contributed by atoms with Crippen molar-refractivity contribution in [1.29, 1.82) is 0 Å². The van der Waals surface area contributed by atoms with E-state index in [0.29, 0.717) is 0 Å². The smallest absolute Gasteiger partial charge is 0.217 e. The van der Waals surface area contributed by atoms with Crippen molar-refractivity contribution in [3.8, 4) is 0 Å². The van der Waals surface area contributed by atoms with Crippen LogP contribution in [-0.2, 0) is 6.18 Å². The van der Waals surface area contributed by atoms with E-state index in [0.717, 1.165) is 16.4 Å². The average molecular weight is 168 g/mol. The lowest BCUT2D eigenvalue weighted by atomic mass is 10.4. The predicted octanol–water partition coefficient (Wildman–Crippen LogP) is 1.59. The summed E-state index contributed by atoms with van der Waals surface area (Å²) in [5.74, 6) is 0. The van der Waals surface area contributed by atoms with Gasteiger partial charge in [0.25, 0.3) is 0 Å². The first-order valence-corrected chi connectivity index (χ1v) is 2.72. The van der Waals surface area contributed by atoms with Gasteiger partial charge in [0, 0.05) is 6.20 Å². The SMILES string of the molecule is FC(F)(F)c1ccn(S)n1. The van der Waals surface area contributed by atoms with Crippen LogP contribution in [0.15, 0.2) is 12.3 Å². The van der Waals surface area contributed by atoms with Crippen LogP contribution < -0.4 is 0 Å². The van der Waals surface area contributed by atoms with E-state index >= 15 is 0 Å². The minimum absolute atomic E-state index is 0.808. The number of thiol groups is 1. The predicted molar refractivity (Wildman–Crippen MR) is 31.6 cm³/mol. The molecular formula is C4H3F3N2S. The van der Waals surface area contributed by atoms with Crippen LogP contribution in [0, 0.1) is 0 Å². The number of aromatic nitrogens is 2. The van der Waals surface area contributed by atoms with Crippen LogP contribution in [0.2, 0.25) is 0 Å². The van der Waals surface area contributed by atoms with Crippen LogP contribution in [0.1, 0.15) is 5.69 Å². The normalized spacial score (nSPS) is 12.0. The molecule has 56 valence electrons. The summed E-state index contributed by atoms with van der Waals surface area (Å²) in [6.07, 6.45) is -3.25. The van der Waals surface area contributed by atoms with Crippen molar-refractivity contribution >= 4 is 12.8 Å². The molecule has 0 bridgehead atoms. The molecule has 0 aliphatic heterocycles. The van der Waals surface area contributed by atoms with Crippen molar-refractivity contribution < 1.29 is 13.2 Å². The second-order valence-electron chi connectivity index (χ2n) is 1.62. The third-order valence-corrected chi connectivity index (χ3v) is 1.09. The molecule has 0 N–H and O–H groups in total. The molecule has 1 heterocycles.